The maximum Gasteiger partial charge on any atom is 0.321 e. The summed E-state index contributed by atoms with van der Waals surface area (Å²) in [5.41, 5.74) is 1.21. The van der Waals surface area contributed by atoms with Gasteiger partial charge in [-0.15, -0.1) is 0 Å². The van der Waals surface area contributed by atoms with Gasteiger partial charge in [-0.25, -0.2) is 13.6 Å². The van der Waals surface area contributed by atoms with Crippen molar-refractivity contribution >= 4 is 17.6 Å². The quantitative estimate of drug-likeness (QED) is 0.871. The van der Waals surface area contributed by atoms with Gasteiger partial charge in [-0.05, 0) is 37.3 Å². The first-order valence-corrected chi connectivity index (χ1v) is 7.75. The predicted molar refractivity (Wildman–Crippen MR) is 91.3 cm³/mol. The Labute approximate surface area is 144 Å². The van der Waals surface area contributed by atoms with E-state index in [9.17, 15) is 18.4 Å². The van der Waals surface area contributed by atoms with Crippen molar-refractivity contribution in [3.63, 3.8) is 0 Å². The van der Waals surface area contributed by atoms with E-state index in [0.717, 1.165) is 12.1 Å². The summed E-state index contributed by atoms with van der Waals surface area (Å²) in [5.74, 6) is -1.56. The van der Waals surface area contributed by atoms with Crippen LogP contribution in [0.2, 0.25) is 0 Å². The van der Waals surface area contributed by atoms with Crippen LogP contribution in [0.5, 0.6) is 0 Å². The molecule has 0 fully saturated rings. The highest BCUT2D eigenvalue weighted by Crippen LogP contribution is 2.14. The van der Waals surface area contributed by atoms with Gasteiger partial charge in [0.05, 0.1) is 0 Å². The lowest BCUT2D eigenvalue weighted by Gasteiger charge is -2.18. The summed E-state index contributed by atoms with van der Waals surface area (Å²) in [6.07, 6.45) is 0. The number of rotatable bonds is 5. The topological polar surface area (TPSA) is 61.4 Å². The van der Waals surface area contributed by atoms with Crippen LogP contribution >= 0.6 is 0 Å². The Morgan fingerprint density at radius 2 is 1.76 bits per heavy atom. The molecule has 7 heteroatoms. The minimum absolute atomic E-state index is 0.00502. The number of carbonyl (C=O) groups is 2. The zero-order valence-corrected chi connectivity index (χ0v) is 14.0. The summed E-state index contributed by atoms with van der Waals surface area (Å²) in [4.78, 5) is 25.1. The Morgan fingerprint density at radius 1 is 1.08 bits per heavy atom. The van der Waals surface area contributed by atoms with Gasteiger partial charge < -0.3 is 15.5 Å². The van der Waals surface area contributed by atoms with Crippen LogP contribution < -0.4 is 10.6 Å². The lowest BCUT2D eigenvalue weighted by molar-refractivity contribution is 0.0956. The molecule has 3 amide bonds. The highest BCUT2D eigenvalue weighted by atomic mass is 19.1. The molecule has 0 aromatic heterocycles. The number of nitrogens with zero attached hydrogens (tertiary/aromatic N) is 1. The third-order valence-corrected chi connectivity index (χ3v) is 3.51. The third kappa shape index (κ3) is 5.00. The molecular weight excluding hydrogens is 328 g/mol. The minimum atomic E-state index is -0.703. The van der Waals surface area contributed by atoms with Crippen LogP contribution in [0.1, 0.15) is 22.8 Å². The first-order valence-electron chi connectivity index (χ1n) is 7.75. The SMILES string of the molecule is CCNC(=O)c1ccc(NC(=O)N(C)Cc2ccc(F)cc2F)cc1. The number of halogens is 2. The monoisotopic (exact) mass is 347 g/mol. The van der Waals surface area contributed by atoms with Gasteiger partial charge in [0.25, 0.3) is 5.91 Å². The van der Waals surface area contributed by atoms with E-state index in [1.54, 1.807) is 24.3 Å². The fraction of sp³-hybridized carbons (Fsp3) is 0.222. The molecule has 25 heavy (non-hydrogen) atoms. The van der Waals surface area contributed by atoms with Gasteiger partial charge in [-0.1, -0.05) is 6.07 Å². The van der Waals surface area contributed by atoms with Crippen molar-refractivity contribution in [2.24, 2.45) is 0 Å². The Kier molecular flexibility index (Phi) is 6.05. The molecule has 2 rings (SSSR count). The molecule has 0 aliphatic heterocycles. The molecule has 0 heterocycles. The molecule has 0 spiro atoms. The fourth-order valence-corrected chi connectivity index (χ4v) is 2.16. The van der Waals surface area contributed by atoms with Gasteiger partial charge in [0, 0.05) is 43.0 Å². The number of nitrogens with one attached hydrogen (secondary N) is 2. The second kappa shape index (κ2) is 8.23. The van der Waals surface area contributed by atoms with Gasteiger partial charge in [0.15, 0.2) is 0 Å². The van der Waals surface area contributed by atoms with Crippen LogP contribution in [0.4, 0.5) is 19.3 Å². The maximum atomic E-state index is 13.6. The number of urea groups is 1. The molecule has 0 saturated heterocycles. The molecular formula is C18H19F2N3O2. The van der Waals surface area contributed by atoms with Gasteiger partial charge in [0.1, 0.15) is 11.6 Å². The fourth-order valence-electron chi connectivity index (χ4n) is 2.16. The summed E-state index contributed by atoms with van der Waals surface area (Å²) in [7, 11) is 1.50. The number of benzene rings is 2. The predicted octanol–water partition coefficient (Wildman–Crippen LogP) is 3.38. The van der Waals surface area contributed by atoms with Crippen molar-refractivity contribution in [3.05, 3.63) is 65.2 Å². The molecule has 0 saturated carbocycles. The number of amides is 3. The smallest absolute Gasteiger partial charge is 0.321 e. The van der Waals surface area contributed by atoms with E-state index in [-0.39, 0.29) is 18.0 Å². The standard InChI is InChI=1S/C18H19F2N3O2/c1-3-21-17(24)12-5-8-15(9-6-12)22-18(25)23(2)11-13-4-7-14(19)10-16(13)20/h4-10H,3,11H2,1-2H3,(H,21,24)(H,22,25). The van der Waals surface area contributed by atoms with Crippen molar-refractivity contribution < 1.29 is 18.4 Å². The molecule has 132 valence electrons. The minimum Gasteiger partial charge on any atom is -0.352 e. The molecule has 0 bridgehead atoms. The van der Waals surface area contributed by atoms with Crippen molar-refractivity contribution in [1.82, 2.24) is 10.2 Å². The van der Waals surface area contributed by atoms with Gasteiger partial charge in [-0.3, -0.25) is 4.79 Å². The summed E-state index contributed by atoms with van der Waals surface area (Å²) in [6, 6.07) is 9.18. The first-order chi connectivity index (χ1) is 11.9. The Bertz CT molecular complexity index is 763. The van der Waals surface area contributed by atoms with Gasteiger partial charge in [0.2, 0.25) is 0 Å². The van der Waals surface area contributed by atoms with Crippen LogP contribution in [0.15, 0.2) is 42.5 Å². The maximum absolute atomic E-state index is 13.6. The van der Waals surface area contributed by atoms with E-state index in [2.05, 4.69) is 10.6 Å². The molecule has 0 aliphatic rings. The van der Waals surface area contributed by atoms with E-state index >= 15 is 0 Å². The van der Waals surface area contributed by atoms with E-state index in [1.807, 2.05) is 6.92 Å². The van der Waals surface area contributed by atoms with Crippen LogP contribution in [0, 0.1) is 11.6 Å². The van der Waals surface area contributed by atoms with Crippen molar-refractivity contribution in [2.75, 3.05) is 18.9 Å². The zero-order chi connectivity index (χ0) is 18.4. The molecule has 0 radical (unpaired) electrons. The van der Waals surface area contributed by atoms with Gasteiger partial charge >= 0.3 is 6.03 Å². The Balaban J connectivity index is 1.97. The second-order valence-corrected chi connectivity index (χ2v) is 5.46. The third-order valence-electron chi connectivity index (χ3n) is 3.51. The molecule has 0 unspecified atom stereocenters. The number of carbonyl (C=O) groups excluding carboxylic acids is 2. The average molecular weight is 347 g/mol. The largest absolute Gasteiger partial charge is 0.352 e. The molecule has 2 aromatic carbocycles. The highest BCUT2D eigenvalue weighted by molar-refractivity contribution is 5.95. The lowest BCUT2D eigenvalue weighted by atomic mass is 10.2. The van der Waals surface area contributed by atoms with E-state index in [0.29, 0.717) is 17.8 Å². The second-order valence-electron chi connectivity index (χ2n) is 5.46. The van der Waals surface area contributed by atoms with Crippen LogP contribution in [0.3, 0.4) is 0 Å². The zero-order valence-electron chi connectivity index (χ0n) is 14.0. The molecule has 0 aliphatic carbocycles. The van der Waals surface area contributed by atoms with Crippen LogP contribution in [-0.2, 0) is 6.54 Å². The summed E-state index contributed by atoms with van der Waals surface area (Å²) in [5, 5.41) is 5.33. The van der Waals surface area contributed by atoms with Crippen LogP contribution in [0.25, 0.3) is 0 Å². The van der Waals surface area contributed by atoms with Gasteiger partial charge in [-0.2, -0.15) is 0 Å². The number of hydrogen-bond acceptors (Lipinski definition) is 2. The molecule has 2 aromatic rings. The Morgan fingerprint density at radius 3 is 2.36 bits per heavy atom. The van der Waals surface area contributed by atoms with E-state index in [4.69, 9.17) is 0 Å². The molecule has 5 nitrogen and oxygen atoms in total. The summed E-state index contributed by atoms with van der Waals surface area (Å²) in [6.45, 7) is 2.35. The number of hydrogen-bond donors (Lipinski definition) is 2. The van der Waals surface area contributed by atoms with Crippen LogP contribution in [-0.4, -0.2) is 30.4 Å². The average Bonchev–Trinajstić information content (AvgIpc) is 2.58. The van der Waals surface area contributed by atoms with Crippen molar-refractivity contribution in [1.29, 1.82) is 0 Å². The molecule has 0 atom stereocenters. The van der Waals surface area contributed by atoms with E-state index in [1.165, 1.54) is 18.0 Å². The lowest BCUT2D eigenvalue weighted by Crippen LogP contribution is -2.31. The normalized spacial score (nSPS) is 10.2. The van der Waals surface area contributed by atoms with E-state index < -0.39 is 17.7 Å². The van der Waals surface area contributed by atoms with Crippen molar-refractivity contribution in [2.45, 2.75) is 13.5 Å². The van der Waals surface area contributed by atoms with Crippen molar-refractivity contribution in [3.8, 4) is 0 Å². The summed E-state index contributed by atoms with van der Waals surface area (Å²) >= 11 is 0. The number of anilines is 1. The summed E-state index contributed by atoms with van der Waals surface area (Å²) < 4.78 is 26.6. The molecule has 2 N–H and O–H groups in total. The highest BCUT2D eigenvalue weighted by Gasteiger charge is 2.13. The Hall–Kier alpha value is -2.96. The first kappa shape index (κ1) is 18.4.